The summed E-state index contributed by atoms with van der Waals surface area (Å²) < 4.78 is 31.5. The number of rotatable bonds is 8. The molecule has 0 fully saturated rings. The number of ether oxygens (including phenoxy) is 1. The number of anilines is 1. The van der Waals surface area contributed by atoms with Crippen molar-refractivity contribution in [2.75, 3.05) is 25.0 Å². The van der Waals surface area contributed by atoms with Crippen LogP contribution in [0.1, 0.15) is 29.8 Å². The van der Waals surface area contributed by atoms with Gasteiger partial charge in [-0.2, -0.15) is 4.31 Å². The van der Waals surface area contributed by atoms with Gasteiger partial charge >= 0.3 is 5.97 Å². The number of carbonyl (C=O) groups is 2. The maximum atomic E-state index is 12.6. The van der Waals surface area contributed by atoms with Gasteiger partial charge in [0.2, 0.25) is 10.0 Å². The number of nitrogens with zero attached hydrogens (tertiary/aromatic N) is 1. The van der Waals surface area contributed by atoms with E-state index in [4.69, 9.17) is 16.3 Å². The summed E-state index contributed by atoms with van der Waals surface area (Å²) in [5.74, 6) is -1.31. The summed E-state index contributed by atoms with van der Waals surface area (Å²) in [4.78, 5) is 24.3. The lowest BCUT2D eigenvalue weighted by molar-refractivity contribution is -0.119. The Bertz CT molecular complexity index is 1000. The quantitative estimate of drug-likeness (QED) is 0.637. The second kappa shape index (κ2) is 9.87. The van der Waals surface area contributed by atoms with Gasteiger partial charge in [-0.3, -0.25) is 4.79 Å². The number of benzene rings is 2. The van der Waals surface area contributed by atoms with E-state index in [1.165, 1.54) is 28.6 Å². The summed E-state index contributed by atoms with van der Waals surface area (Å²) in [7, 11) is -3.70. The van der Waals surface area contributed by atoms with Crippen molar-refractivity contribution in [1.82, 2.24) is 4.31 Å². The van der Waals surface area contributed by atoms with Gasteiger partial charge < -0.3 is 10.1 Å². The van der Waals surface area contributed by atoms with E-state index in [-0.39, 0.29) is 10.5 Å². The molecule has 9 heteroatoms. The summed E-state index contributed by atoms with van der Waals surface area (Å²) in [6.07, 6.45) is 0. The molecule has 0 spiro atoms. The normalized spacial score (nSPS) is 11.3. The SMILES string of the molecule is CCN(CC)S(=O)(=O)c1cccc(C(=O)OCC(=O)Nc2ccc(Cl)cc2C)c1. The average Bonchev–Trinajstić information content (AvgIpc) is 2.69. The monoisotopic (exact) mass is 438 g/mol. The van der Waals surface area contributed by atoms with Gasteiger partial charge in [-0.15, -0.1) is 0 Å². The lowest BCUT2D eigenvalue weighted by atomic mass is 10.2. The highest BCUT2D eigenvalue weighted by molar-refractivity contribution is 7.89. The first kappa shape index (κ1) is 22.9. The van der Waals surface area contributed by atoms with Crippen LogP contribution in [-0.4, -0.2) is 44.3 Å². The third-order valence-electron chi connectivity index (χ3n) is 4.21. The Hall–Kier alpha value is -2.42. The van der Waals surface area contributed by atoms with Gasteiger partial charge in [0.25, 0.3) is 5.91 Å². The second-order valence-corrected chi connectivity index (χ2v) is 8.58. The molecule has 1 N–H and O–H groups in total. The minimum absolute atomic E-state index is 0.00288. The topological polar surface area (TPSA) is 92.8 Å². The molecular formula is C20H23ClN2O5S. The maximum absolute atomic E-state index is 12.6. The van der Waals surface area contributed by atoms with Gasteiger partial charge in [-0.1, -0.05) is 31.5 Å². The Labute approximate surface area is 175 Å². The number of halogens is 1. The molecule has 1 amide bonds. The summed E-state index contributed by atoms with van der Waals surface area (Å²) in [6.45, 7) is 5.39. The summed E-state index contributed by atoms with van der Waals surface area (Å²) in [5.41, 5.74) is 1.38. The van der Waals surface area contributed by atoms with Gasteiger partial charge in [0, 0.05) is 23.8 Å². The van der Waals surface area contributed by atoms with E-state index in [1.807, 2.05) is 0 Å². The highest BCUT2D eigenvalue weighted by atomic mass is 35.5. The second-order valence-electron chi connectivity index (χ2n) is 6.20. The van der Waals surface area contributed by atoms with Gasteiger partial charge in [0.1, 0.15) is 0 Å². The number of carbonyl (C=O) groups excluding carboxylic acids is 2. The van der Waals surface area contributed by atoms with Crippen LogP contribution < -0.4 is 5.32 Å². The minimum Gasteiger partial charge on any atom is -0.452 e. The van der Waals surface area contributed by atoms with E-state index in [9.17, 15) is 18.0 Å². The van der Waals surface area contributed by atoms with Crippen molar-refractivity contribution in [3.63, 3.8) is 0 Å². The number of hydrogen-bond donors (Lipinski definition) is 1. The smallest absolute Gasteiger partial charge is 0.338 e. The zero-order valence-corrected chi connectivity index (χ0v) is 18.0. The van der Waals surface area contributed by atoms with Gasteiger partial charge in [-0.25, -0.2) is 13.2 Å². The molecule has 2 aromatic carbocycles. The van der Waals surface area contributed by atoms with Gasteiger partial charge in [-0.05, 0) is 48.9 Å². The molecule has 0 atom stereocenters. The number of hydrogen-bond acceptors (Lipinski definition) is 5. The Morgan fingerprint density at radius 2 is 1.79 bits per heavy atom. The first-order chi connectivity index (χ1) is 13.7. The molecule has 0 saturated heterocycles. The van der Waals surface area contributed by atoms with E-state index in [1.54, 1.807) is 39.0 Å². The van der Waals surface area contributed by atoms with E-state index in [2.05, 4.69) is 5.32 Å². The zero-order valence-electron chi connectivity index (χ0n) is 16.4. The zero-order chi connectivity index (χ0) is 21.6. The third-order valence-corrected chi connectivity index (χ3v) is 6.49. The fourth-order valence-corrected chi connectivity index (χ4v) is 4.40. The molecule has 0 aliphatic carbocycles. The molecule has 2 rings (SSSR count). The lowest BCUT2D eigenvalue weighted by Crippen LogP contribution is -2.30. The van der Waals surface area contributed by atoms with Crippen molar-refractivity contribution >= 4 is 39.2 Å². The molecule has 0 bridgehead atoms. The van der Waals surface area contributed by atoms with Crippen LogP contribution in [0.2, 0.25) is 5.02 Å². The average molecular weight is 439 g/mol. The fraction of sp³-hybridized carbons (Fsp3) is 0.300. The van der Waals surface area contributed by atoms with Crippen LogP contribution in [0.5, 0.6) is 0 Å². The van der Waals surface area contributed by atoms with Crippen molar-refractivity contribution in [3.8, 4) is 0 Å². The standard InChI is InChI=1S/C20H23ClN2O5S/c1-4-23(5-2)29(26,27)17-8-6-7-15(12-17)20(25)28-13-19(24)22-18-10-9-16(21)11-14(18)3/h6-12H,4-5,13H2,1-3H3,(H,22,24). The van der Waals surface area contributed by atoms with Crippen LogP contribution in [0.3, 0.4) is 0 Å². The molecule has 0 aliphatic rings. The molecule has 0 aliphatic heterocycles. The molecule has 0 radical (unpaired) electrons. The third kappa shape index (κ3) is 5.79. The molecule has 7 nitrogen and oxygen atoms in total. The molecule has 29 heavy (non-hydrogen) atoms. The first-order valence-electron chi connectivity index (χ1n) is 9.02. The molecule has 0 saturated carbocycles. The predicted octanol–water partition coefficient (Wildman–Crippen LogP) is 3.47. The van der Waals surface area contributed by atoms with Crippen molar-refractivity contribution in [1.29, 1.82) is 0 Å². The largest absolute Gasteiger partial charge is 0.452 e. The van der Waals surface area contributed by atoms with E-state index in [0.717, 1.165) is 5.56 Å². The molecule has 0 aromatic heterocycles. The van der Waals surface area contributed by atoms with Crippen LogP contribution in [-0.2, 0) is 19.6 Å². The van der Waals surface area contributed by atoms with Gasteiger partial charge in [0.15, 0.2) is 6.61 Å². The molecule has 0 unspecified atom stereocenters. The Balaban J connectivity index is 2.05. The number of esters is 1. The Morgan fingerprint density at radius 1 is 1.10 bits per heavy atom. The number of amides is 1. The highest BCUT2D eigenvalue weighted by Crippen LogP contribution is 2.20. The predicted molar refractivity (Wildman–Crippen MR) is 112 cm³/mol. The lowest BCUT2D eigenvalue weighted by Gasteiger charge is -2.18. The van der Waals surface area contributed by atoms with Crippen LogP contribution >= 0.6 is 11.6 Å². The maximum Gasteiger partial charge on any atom is 0.338 e. The summed E-state index contributed by atoms with van der Waals surface area (Å²) in [5, 5.41) is 3.18. The van der Waals surface area contributed by atoms with Crippen LogP contribution in [0, 0.1) is 6.92 Å². The van der Waals surface area contributed by atoms with E-state index >= 15 is 0 Å². The molecule has 2 aromatic rings. The fourth-order valence-electron chi connectivity index (χ4n) is 2.66. The van der Waals surface area contributed by atoms with Crippen LogP contribution in [0.25, 0.3) is 0 Å². The molecule has 156 valence electrons. The van der Waals surface area contributed by atoms with Crippen molar-refractivity contribution in [2.45, 2.75) is 25.7 Å². The van der Waals surface area contributed by atoms with Gasteiger partial charge in [0.05, 0.1) is 10.5 Å². The number of aryl methyl sites for hydroxylation is 1. The Morgan fingerprint density at radius 3 is 2.41 bits per heavy atom. The van der Waals surface area contributed by atoms with E-state index < -0.39 is 28.5 Å². The van der Waals surface area contributed by atoms with E-state index in [0.29, 0.717) is 23.8 Å². The summed E-state index contributed by atoms with van der Waals surface area (Å²) in [6, 6.07) is 10.6. The van der Waals surface area contributed by atoms with Crippen LogP contribution in [0.4, 0.5) is 5.69 Å². The Kier molecular flexibility index (Phi) is 7.78. The molecular weight excluding hydrogens is 416 g/mol. The highest BCUT2D eigenvalue weighted by Gasteiger charge is 2.23. The van der Waals surface area contributed by atoms with Crippen molar-refractivity contribution < 1.29 is 22.7 Å². The van der Waals surface area contributed by atoms with Crippen molar-refractivity contribution in [3.05, 3.63) is 58.6 Å². The minimum atomic E-state index is -3.70. The summed E-state index contributed by atoms with van der Waals surface area (Å²) >= 11 is 5.88. The molecule has 0 heterocycles. The number of nitrogens with one attached hydrogen (secondary N) is 1. The first-order valence-corrected chi connectivity index (χ1v) is 10.8. The van der Waals surface area contributed by atoms with Crippen LogP contribution in [0.15, 0.2) is 47.4 Å². The number of sulfonamides is 1. The van der Waals surface area contributed by atoms with Crippen molar-refractivity contribution in [2.24, 2.45) is 0 Å².